The quantitative estimate of drug-likeness (QED) is 0.802. The fraction of sp³-hybridized carbons (Fsp3) is 0.600. The first-order chi connectivity index (χ1) is 9.27. The van der Waals surface area contributed by atoms with Crippen molar-refractivity contribution in [3.05, 3.63) is 28.8 Å². The number of nitrogens with zero attached hydrogens (tertiary/aromatic N) is 1. The number of halogens is 1. The highest BCUT2D eigenvalue weighted by Gasteiger charge is 2.35. The maximum absolute atomic E-state index is 12.8. The Labute approximate surface area is 127 Å². The van der Waals surface area contributed by atoms with Gasteiger partial charge in [0.05, 0.1) is 4.90 Å². The van der Waals surface area contributed by atoms with Gasteiger partial charge >= 0.3 is 0 Å². The predicted molar refractivity (Wildman–Crippen MR) is 82.6 cm³/mol. The second-order valence-electron chi connectivity index (χ2n) is 5.95. The minimum Gasteiger partial charge on any atom is -0.207 e. The SMILES string of the molecule is Cc1cc(CCl)cc(S(=O)(=O)N2CC(C)C(C)C2)c1C. The molecule has 1 aliphatic rings. The average molecular weight is 316 g/mol. The van der Waals surface area contributed by atoms with Crippen LogP contribution in [0.4, 0.5) is 0 Å². The van der Waals surface area contributed by atoms with Crippen molar-refractivity contribution >= 4 is 21.6 Å². The van der Waals surface area contributed by atoms with Crippen molar-refractivity contribution < 1.29 is 8.42 Å². The van der Waals surface area contributed by atoms with Gasteiger partial charge in [-0.05, 0) is 48.4 Å². The Morgan fingerprint density at radius 3 is 2.25 bits per heavy atom. The van der Waals surface area contributed by atoms with Crippen molar-refractivity contribution in [1.29, 1.82) is 0 Å². The molecule has 0 aliphatic carbocycles. The van der Waals surface area contributed by atoms with Gasteiger partial charge in [-0.1, -0.05) is 19.9 Å². The summed E-state index contributed by atoms with van der Waals surface area (Å²) in [5.74, 6) is 1.14. The van der Waals surface area contributed by atoms with Crippen molar-refractivity contribution in [2.45, 2.75) is 38.5 Å². The van der Waals surface area contributed by atoms with Gasteiger partial charge in [0, 0.05) is 19.0 Å². The maximum Gasteiger partial charge on any atom is 0.243 e. The van der Waals surface area contributed by atoms with Crippen LogP contribution in [-0.4, -0.2) is 25.8 Å². The molecule has 0 radical (unpaired) electrons. The Morgan fingerprint density at radius 1 is 1.20 bits per heavy atom. The lowest BCUT2D eigenvalue weighted by molar-refractivity contribution is 0.462. The molecule has 0 aromatic heterocycles. The highest BCUT2D eigenvalue weighted by molar-refractivity contribution is 7.89. The molecule has 1 fully saturated rings. The molecule has 3 nitrogen and oxygen atoms in total. The molecule has 1 aliphatic heterocycles. The predicted octanol–water partition coefficient (Wildman–Crippen LogP) is 3.32. The number of alkyl halides is 1. The van der Waals surface area contributed by atoms with E-state index in [1.54, 1.807) is 10.4 Å². The second kappa shape index (κ2) is 5.66. The van der Waals surface area contributed by atoms with Crippen LogP contribution in [0.5, 0.6) is 0 Å². The van der Waals surface area contributed by atoms with E-state index in [-0.39, 0.29) is 0 Å². The van der Waals surface area contributed by atoms with Crippen molar-refractivity contribution in [1.82, 2.24) is 4.31 Å². The second-order valence-corrected chi connectivity index (χ2v) is 8.12. The molecule has 2 unspecified atom stereocenters. The summed E-state index contributed by atoms with van der Waals surface area (Å²) >= 11 is 5.87. The van der Waals surface area contributed by atoms with Gasteiger partial charge in [-0.15, -0.1) is 11.6 Å². The first-order valence-corrected chi connectivity index (χ1v) is 8.91. The summed E-state index contributed by atoms with van der Waals surface area (Å²) in [5, 5.41) is 0. The van der Waals surface area contributed by atoms with E-state index in [0.717, 1.165) is 16.7 Å². The van der Waals surface area contributed by atoms with E-state index < -0.39 is 10.0 Å². The van der Waals surface area contributed by atoms with E-state index in [2.05, 4.69) is 13.8 Å². The lowest BCUT2D eigenvalue weighted by Gasteiger charge is -2.19. The van der Waals surface area contributed by atoms with Crippen molar-refractivity contribution in [3.8, 4) is 0 Å². The van der Waals surface area contributed by atoms with Gasteiger partial charge in [0.25, 0.3) is 0 Å². The van der Waals surface area contributed by atoms with Gasteiger partial charge in [-0.3, -0.25) is 0 Å². The monoisotopic (exact) mass is 315 g/mol. The lowest BCUT2D eigenvalue weighted by atomic mass is 10.0. The summed E-state index contributed by atoms with van der Waals surface area (Å²) < 4.78 is 27.3. The van der Waals surface area contributed by atoms with Gasteiger partial charge in [-0.2, -0.15) is 4.31 Å². The smallest absolute Gasteiger partial charge is 0.207 e. The third-order valence-corrected chi connectivity index (χ3v) is 6.67. The normalized spacial score (nSPS) is 24.2. The zero-order valence-electron chi connectivity index (χ0n) is 12.5. The van der Waals surface area contributed by atoms with Crippen LogP contribution in [0.15, 0.2) is 17.0 Å². The average Bonchev–Trinajstić information content (AvgIpc) is 2.73. The number of sulfonamides is 1. The fourth-order valence-electron chi connectivity index (χ4n) is 2.66. The van der Waals surface area contributed by atoms with E-state index >= 15 is 0 Å². The van der Waals surface area contributed by atoms with E-state index in [1.165, 1.54) is 0 Å². The molecule has 0 saturated carbocycles. The molecular formula is C15H22ClNO2S. The third-order valence-electron chi connectivity index (χ3n) is 4.41. The molecule has 5 heteroatoms. The van der Waals surface area contributed by atoms with Crippen LogP contribution in [0, 0.1) is 25.7 Å². The van der Waals surface area contributed by atoms with Crippen molar-refractivity contribution in [3.63, 3.8) is 0 Å². The summed E-state index contributed by atoms with van der Waals surface area (Å²) in [7, 11) is -3.42. The Hall–Kier alpha value is -0.580. The minimum atomic E-state index is -3.42. The highest BCUT2D eigenvalue weighted by Crippen LogP contribution is 2.31. The molecule has 0 N–H and O–H groups in total. The standard InChI is InChI=1S/C15H22ClNO2S/c1-10-5-14(7-16)6-15(13(10)4)20(18,19)17-8-11(2)12(3)9-17/h5-6,11-12H,7-9H2,1-4H3. The molecule has 20 heavy (non-hydrogen) atoms. The minimum absolute atomic E-state index is 0.330. The van der Waals surface area contributed by atoms with Gasteiger partial charge in [0.15, 0.2) is 0 Å². The van der Waals surface area contributed by atoms with Gasteiger partial charge in [0.1, 0.15) is 0 Å². The highest BCUT2D eigenvalue weighted by atomic mass is 35.5. The maximum atomic E-state index is 12.8. The van der Waals surface area contributed by atoms with E-state index in [1.807, 2.05) is 19.9 Å². The zero-order chi connectivity index (χ0) is 15.1. The number of benzene rings is 1. The molecule has 1 aromatic rings. The number of rotatable bonds is 3. The summed E-state index contributed by atoms with van der Waals surface area (Å²) in [5.41, 5.74) is 2.65. The Kier molecular flexibility index (Phi) is 4.47. The Morgan fingerprint density at radius 2 is 1.75 bits per heavy atom. The number of hydrogen-bond acceptors (Lipinski definition) is 2. The first-order valence-electron chi connectivity index (χ1n) is 6.93. The molecule has 0 amide bonds. The van der Waals surface area contributed by atoms with Gasteiger partial charge in [0.2, 0.25) is 10.0 Å². The van der Waals surface area contributed by atoms with Crippen LogP contribution < -0.4 is 0 Å². The van der Waals surface area contributed by atoms with Crippen molar-refractivity contribution in [2.24, 2.45) is 11.8 Å². The van der Waals surface area contributed by atoms with Crippen LogP contribution in [0.2, 0.25) is 0 Å². The van der Waals surface area contributed by atoms with Crippen LogP contribution in [0.25, 0.3) is 0 Å². The molecule has 2 rings (SSSR count). The van der Waals surface area contributed by atoms with Crippen LogP contribution in [-0.2, 0) is 15.9 Å². The van der Waals surface area contributed by atoms with Gasteiger partial charge < -0.3 is 0 Å². The summed E-state index contributed by atoms with van der Waals surface area (Å²) in [6.07, 6.45) is 0. The molecule has 112 valence electrons. The molecule has 1 saturated heterocycles. The lowest BCUT2D eigenvalue weighted by Crippen LogP contribution is -2.29. The molecule has 2 atom stereocenters. The van der Waals surface area contributed by atoms with Crippen LogP contribution in [0.3, 0.4) is 0 Å². The molecule has 1 heterocycles. The van der Waals surface area contributed by atoms with E-state index in [9.17, 15) is 8.42 Å². The molecule has 0 bridgehead atoms. The van der Waals surface area contributed by atoms with E-state index in [4.69, 9.17) is 11.6 Å². The van der Waals surface area contributed by atoms with Crippen LogP contribution in [0.1, 0.15) is 30.5 Å². The largest absolute Gasteiger partial charge is 0.243 e. The summed E-state index contributed by atoms with van der Waals surface area (Å²) in [4.78, 5) is 0.412. The number of hydrogen-bond donors (Lipinski definition) is 0. The molecule has 1 aromatic carbocycles. The van der Waals surface area contributed by atoms with Gasteiger partial charge in [-0.25, -0.2) is 8.42 Å². The van der Waals surface area contributed by atoms with Crippen LogP contribution >= 0.6 is 11.6 Å². The Balaban J connectivity index is 2.47. The topological polar surface area (TPSA) is 37.4 Å². The third kappa shape index (κ3) is 2.74. The first kappa shape index (κ1) is 15.8. The number of aryl methyl sites for hydroxylation is 1. The zero-order valence-corrected chi connectivity index (χ0v) is 14.1. The van der Waals surface area contributed by atoms with Crippen molar-refractivity contribution in [2.75, 3.05) is 13.1 Å². The molecular weight excluding hydrogens is 294 g/mol. The van der Waals surface area contributed by atoms with E-state index in [0.29, 0.717) is 35.7 Å². The molecule has 0 spiro atoms. The fourth-order valence-corrected chi connectivity index (χ4v) is 4.80. The summed E-state index contributed by atoms with van der Waals surface area (Å²) in [6, 6.07) is 3.68. The Bertz CT molecular complexity index is 603. The summed E-state index contributed by atoms with van der Waals surface area (Å²) in [6.45, 7) is 9.21.